The van der Waals surface area contributed by atoms with E-state index in [4.69, 9.17) is 16.6 Å². The van der Waals surface area contributed by atoms with Gasteiger partial charge in [0.2, 0.25) is 11.8 Å². The molecule has 1 aromatic heterocycles. The maximum atomic E-state index is 13.2. The number of piperidine rings is 1. The maximum absolute atomic E-state index is 13.2. The number of likely N-dealkylation sites (tertiary alicyclic amines) is 1. The number of halogens is 1. The quantitative estimate of drug-likeness (QED) is 0.589. The Morgan fingerprint density at radius 1 is 1.12 bits per heavy atom. The summed E-state index contributed by atoms with van der Waals surface area (Å²) in [6, 6.07) is 15.3. The highest BCUT2D eigenvalue weighted by Crippen LogP contribution is 2.34. The Morgan fingerprint density at radius 3 is 2.69 bits per heavy atom. The van der Waals surface area contributed by atoms with Gasteiger partial charge in [-0.1, -0.05) is 36.7 Å². The Bertz CT molecular complexity index is 1170. The van der Waals surface area contributed by atoms with Crippen molar-refractivity contribution < 1.29 is 9.59 Å². The molecule has 0 bridgehead atoms. The third-order valence-electron chi connectivity index (χ3n) is 6.72. The highest BCUT2D eigenvalue weighted by Gasteiger charge is 2.35. The number of aromatic nitrogens is 2. The van der Waals surface area contributed by atoms with Crippen molar-refractivity contribution in [1.29, 1.82) is 0 Å². The van der Waals surface area contributed by atoms with Crippen molar-refractivity contribution in [3.63, 3.8) is 0 Å². The van der Waals surface area contributed by atoms with E-state index in [0.29, 0.717) is 23.9 Å². The first-order valence-corrected chi connectivity index (χ1v) is 11.7. The van der Waals surface area contributed by atoms with E-state index in [1.807, 2.05) is 51.9 Å². The van der Waals surface area contributed by atoms with Gasteiger partial charge in [-0.25, -0.2) is 4.98 Å². The summed E-state index contributed by atoms with van der Waals surface area (Å²) in [5, 5.41) is 0.604. The minimum Gasteiger partial charge on any atom is -0.341 e. The van der Waals surface area contributed by atoms with Crippen LogP contribution >= 0.6 is 11.6 Å². The molecule has 166 valence electrons. The average Bonchev–Trinajstić information content (AvgIpc) is 3.35. The van der Waals surface area contributed by atoms with Gasteiger partial charge in [0, 0.05) is 42.7 Å². The lowest BCUT2D eigenvalue weighted by atomic mass is 9.99. The summed E-state index contributed by atoms with van der Waals surface area (Å²) in [4.78, 5) is 34.6. The Hall–Kier alpha value is -2.86. The fourth-order valence-electron chi connectivity index (χ4n) is 4.84. The number of anilines is 1. The van der Waals surface area contributed by atoms with Gasteiger partial charge in [-0.2, -0.15) is 0 Å². The fraction of sp³-hybridized carbons (Fsp3) is 0.400. The predicted octanol–water partition coefficient (Wildman–Crippen LogP) is 4.47. The second-order valence-electron chi connectivity index (χ2n) is 8.99. The molecule has 1 unspecified atom stereocenters. The molecule has 3 heterocycles. The van der Waals surface area contributed by atoms with Crippen molar-refractivity contribution in [2.45, 2.75) is 38.6 Å². The Kier molecular flexibility index (Phi) is 5.64. The van der Waals surface area contributed by atoms with Crippen LogP contribution in [0.3, 0.4) is 0 Å². The van der Waals surface area contributed by atoms with Crippen molar-refractivity contribution in [2.24, 2.45) is 5.92 Å². The van der Waals surface area contributed by atoms with E-state index in [2.05, 4.69) is 6.92 Å². The molecule has 0 N–H and O–H groups in total. The van der Waals surface area contributed by atoms with Gasteiger partial charge in [0.1, 0.15) is 12.4 Å². The monoisotopic (exact) mass is 450 g/mol. The van der Waals surface area contributed by atoms with Crippen LogP contribution in [0.25, 0.3) is 11.0 Å². The zero-order chi connectivity index (χ0) is 22.2. The van der Waals surface area contributed by atoms with Gasteiger partial charge in [-0.15, -0.1) is 0 Å². The molecule has 2 aliphatic rings. The lowest BCUT2D eigenvalue weighted by Gasteiger charge is -2.30. The molecule has 32 heavy (non-hydrogen) atoms. The number of nitrogens with zero attached hydrogens (tertiary/aromatic N) is 4. The predicted molar refractivity (Wildman–Crippen MR) is 126 cm³/mol. The third kappa shape index (κ3) is 3.99. The first-order chi connectivity index (χ1) is 15.5. The van der Waals surface area contributed by atoms with Gasteiger partial charge in [0.15, 0.2) is 0 Å². The number of rotatable bonds is 4. The second-order valence-corrected chi connectivity index (χ2v) is 9.43. The first kappa shape index (κ1) is 21.0. The number of hydrogen-bond acceptors (Lipinski definition) is 3. The summed E-state index contributed by atoms with van der Waals surface area (Å²) in [5.74, 6) is 1.57. The summed E-state index contributed by atoms with van der Waals surface area (Å²) < 4.78 is 2.02. The molecule has 7 heteroatoms. The molecule has 0 spiro atoms. The topological polar surface area (TPSA) is 58.4 Å². The lowest BCUT2D eigenvalue weighted by Crippen LogP contribution is -2.40. The Morgan fingerprint density at radius 2 is 1.91 bits per heavy atom. The van der Waals surface area contributed by atoms with Crippen molar-refractivity contribution >= 4 is 40.1 Å². The fourth-order valence-corrected chi connectivity index (χ4v) is 5.02. The highest BCUT2D eigenvalue weighted by atomic mass is 35.5. The second kappa shape index (κ2) is 8.58. The van der Waals surface area contributed by atoms with Crippen LogP contribution in [0, 0.1) is 5.92 Å². The van der Waals surface area contributed by atoms with E-state index >= 15 is 0 Å². The molecule has 3 aromatic rings. The van der Waals surface area contributed by atoms with Crippen LogP contribution in [0.5, 0.6) is 0 Å². The third-order valence-corrected chi connectivity index (χ3v) is 6.96. The van der Waals surface area contributed by atoms with Crippen LogP contribution in [0.15, 0.2) is 48.5 Å². The van der Waals surface area contributed by atoms with E-state index in [1.165, 1.54) is 0 Å². The number of carbonyl (C=O) groups is 2. The minimum atomic E-state index is -0.0805. The van der Waals surface area contributed by atoms with Crippen LogP contribution in [0.2, 0.25) is 5.02 Å². The van der Waals surface area contributed by atoms with Crippen LogP contribution in [-0.2, 0) is 16.1 Å². The molecule has 5 rings (SSSR count). The van der Waals surface area contributed by atoms with Gasteiger partial charge < -0.3 is 14.4 Å². The molecule has 0 saturated carbocycles. The summed E-state index contributed by atoms with van der Waals surface area (Å²) >= 11 is 6.15. The van der Waals surface area contributed by atoms with Crippen LogP contribution in [-0.4, -0.2) is 45.9 Å². The molecule has 0 aliphatic carbocycles. The van der Waals surface area contributed by atoms with Crippen molar-refractivity contribution in [1.82, 2.24) is 14.5 Å². The van der Waals surface area contributed by atoms with E-state index < -0.39 is 0 Å². The molecule has 2 amide bonds. The number of fused-ring (bicyclic) bond motifs is 1. The van der Waals surface area contributed by atoms with Gasteiger partial charge >= 0.3 is 0 Å². The molecular weight excluding hydrogens is 424 g/mol. The van der Waals surface area contributed by atoms with Gasteiger partial charge in [0.05, 0.1) is 11.0 Å². The molecule has 1 atom stereocenters. The van der Waals surface area contributed by atoms with Gasteiger partial charge in [-0.05, 0) is 49.1 Å². The standard InChI is InChI=1S/C25H27ClN4O2/c1-17-9-11-28(12-10-17)24(32)16-30-22-8-3-2-7-21(22)27-25(30)18-13-23(31)29(15-18)20-6-4-5-19(26)14-20/h2-8,14,17-18H,9-13,15-16H2,1H3. The Balaban J connectivity index is 1.44. The number of amides is 2. The highest BCUT2D eigenvalue weighted by molar-refractivity contribution is 6.30. The average molecular weight is 451 g/mol. The number of imidazole rings is 1. The van der Waals surface area contributed by atoms with Crippen LogP contribution in [0.4, 0.5) is 5.69 Å². The van der Waals surface area contributed by atoms with Crippen molar-refractivity contribution in [3.8, 4) is 0 Å². The molecule has 2 aromatic carbocycles. The van der Waals surface area contributed by atoms with E-state index in [-0.39, 0.29) is 24.3 Å². The summed E-state index contributed by atoms with van der Waals surface area (Å²) in [7, 11) is 0. The molecule has 2 saturated heterocycles. The smallest absolute Gasteiger partial charge is 0.242 e. The first-order valence-electron chi connectivity index (χ1n) is 11.3. The molecule has 0 radical (unpaired) electrons. The van der Waals surface area contributed by atoms with E-state index in [0.717, 1.165) is 48.5 Å². The summed E-state index contributed by atoms with van der Waals surface area (Å²) in [6.07, 6.45) is 2.47. The van der Waals surface area contributed by atoms with Gasteiger partial charge in [-0.3, -0.25) is 9.59 Å². The normalized spacial score (nSPS) is 19.8. The molecule has 2 aliphatic heterocycles. The largest absolute Gasteiger partial charge is 0.341 e. The van der Waals surface area contributed by atoms with Crippen molar-refractivity contribution in [2.75, 3.05) is 24.5 Å². The number of para-hydroxylation sites is 2. The minimum absolute atomic E-state index is 0.0483. The molecule has 6 nitrogen and oxygen atoms in total. The van der Waals surface area contributed by atoms with Crippen LogP contribution in [0.1, 0.15) is 37.9 Å². The summed E-state index contributed by atoms with van der Waals surface area (Å²) in [5.41, 5.74) is 2.59. The zero-order valence-electron chi connectivity index (χ0n) is 18.2. The maximum Gasteiger partial charge on any atom is 0.242 e. The van der Waals surface area contributed by atoms with Crippen LogP contribution < -0.4 is 4.90 Å². The number of hydrogen-bond donors (Lipinski definition) is 0. The van der Waals surface area contributed by atoms with Crippen molar-refractivity contribution in [3.05, 3.63) is 59.4 Å². The number of benzene rings is 2. The Labute approximate surface area is 192 Å². The number of carbonyl (C=O) groups excluding carboxylic acids is 2. The lowest BCUT2D eigenvalue weighted by molar-refractivity contribution is -0.133. The molecular formula is C25H27ClN4O2. The summed E-state index contributed by atoms with van der Waals surface area (Å²) in [6.45, 7) is 4.65. The van der Waals surface area contributed by atoms with E-state index in [9.17, 15) is 9.59 Å². The van der Waals surface area contributed by atoms with Gasteiger partial charge in [0.25, 0.3) is 0 Å². The molecule has 2 fully saturated rings. The van der Waals surface area contributed by atoms with E-state index in [1.54, 1.807) is 11.0 Å². The SMILES string of the molecule is CC1CCN(C(=O)Cn2c(C3CC(=O)N(c4cccc(Cl)c4)C3)nc3ccccc32)CC1. The zero-order valence-corrected chi connectivity index (χ0v) is 19.0.